The lowest BCUT2D eigenvalue weighted by molar-refractivity contribution is 0.239. The van der Waals surface area contributed by atoms with Crippen molar-refractivity contribution in [2.75, 3.05) is 13.1 Å². The summed E-state index contributed by atoms with van der Waals surface area (Å²) in [5.74, 6) is 0.464. The van der Waals surface area contributed by atoms with Crippen LogP contribution in [0.1, 0.15) is 19.4 Å². The number of urea groups is 1. The van der Waals surface area contributed by atoms with E-state index >= 15 is 0 Å². The summed E-state index contributed by atoms with van der Waals surface area (Å²) in [6.07, 6.45) is 4.48. The number of nitrogens with one attached hydrogen (secondary N) is 2. The first kappa shape index (κ1) is 15.1. The van der Waals surface area contributed by atoms with E-state index in [-0.39, 0.29) is 6.03 Å². The molecular weight excluding hydrogens is 264 g/mol. The molecule has 21 heavy (non-hydrogen) atoms. The van der Waals surface area contributed by atoms with Crippen LogP contribution in [-0.4, -0.2) is 28.9 Å². The van der Waals surface area contributed by atoms with Crippen LogP contribution in [-0.2, 0) is 6.42 Å². The highest BCUT2D eigenvalue weighted by atomic mass is 16.2. The van der Waals surface area contributed by atoms with E-state index in [9.17, 15) is 4.79 Å². The van der Waals surface area contributed by atoms with Gasteiger partial charge in [-0.05, 0) is 36.1 Å². The molecule has 112 valence electrons. The van der Waals surface area contributed by atoms with E-state index in [1.165, 1.54) is 5.56 Å². The van der Waals surface area contributed by atoms with E-state index in [0.717, 1.165) is 12.1 Å². The van der Waals surface area contributed by atoms with Crippen molar-refractivity contribution in [1.82, 2.24) is 20.4 Å². The summed E-state index contributed by atoms with van der Waals surface area (Å²) in [5, 5.41) is 9.88. The molecule has 1 aromatic carbocycles. The molecule has 5 heteroatoms. The van der Waals surface area contributed by atoms with E-state index in [1.807, 2.05) is 29.1 Å². The van der Waals surface area contributed by atoms with E-state index < -0.39 is 0 Å². The van der Waals surface area contributed by atoms with Gasteiger partial charge in [0.1, 0.15) is 0 Å². The molecule has 2 rings (SSSR count). The first-order chi connectivity index (χ1) is 10.1. The maximum Gasteiger partial charge on any atom is 0.314 e. The highest BCUT2D eigenvalue weighted by Gasteiger charge is 2.01. The van der Waals surface area contributed by atoms with Gasteiger partial charge in [-0.2, -0.15) is 5.10 Å². The molecule has 0 bridgehead atoms. The Balaban J connectivity index is 1.75. The van der Waals surface area contributed by atoms with Crippen LogP contribution >= 0.6 is 0 Å². The quantitative estimate of drug-likeness (QED) is 0.856. The van der Waals surface area contributed by atoms with E-state index in [4.69, 9.17) is 0 Å². The van der Waals surface area contributed by atoms with Crippen molar-refractivity contribution in [1.29, 1.82) is 0 Å². The minimum atomic E-state index is -0.100. The Morgan fingerprint density at radius 1 is 1.24 bits per heavy atom. The summed E-state index contributed by atoms with van der Waals surface area (Å²) in [7, 11) is 0. The Kier molecular flexibility index (Phi) is 5.37. The zero-order valence-corrected chi connectivity index (χ0v) is 12.5. The summed E-state index contributed by atoms with van der Waals surface area (Å²) in [4.78, 5) is 11.5. The average molecular weight is 286 g/mol. The third-order valence-corrected chi connectivity index (χ3v) is 3.08. The fourth-order valence-corrected chi connectivity index (χ4v) is 1.92. The van der Waals surface area contributed by atoms with Crippen molar-refractivity contribution in [2.45, 2.75) is 20.3 Å². The van der Waals surface area contributed by atoms with Crippen molar-refractivity contribution >= 4 is 6.03 Å². The lowest BCUT2D eigenvalue weighted by Crippen LogP contribution is -2.38. The van der Waals surface area contributed by atoms with E-state index in [2.05, 4.69) is 41.7 Å². The van der Waals surface area contributed by atoms with Crippen molar-refractivity contribution in [2.24, 2.45) is 5.92 Å². The molecule has 1 aromatic heterocycles. The zero-order valence-electron chi connectivity index (χ0n) is 12.5. The lowest BCUT2D eigenvalue weighted by atomic mass is 10.1. The van der Waals surface area contributed by atoms with Gasteiger partial charge in [0.2, 0.25) is 0 Å². The van der Waals surface area contributed by atoms with Crippen LogP contribution in [0.5, 0.6) is 0 Å². The third kappa shape index (κ3) is 4.95. The Morgan fingerprint density at radius 2 is 2.00 bits per heavy atom. The molecule has 2 N–H and O–H groups in total. The summed E-state index contributed by atoms with van der Waals surface area (Å²) in [5.41, 5.74) is 2.22. The van der Waals surface area contributed by atoms with Gasteiger partial charge in [0.05, 0.1) is 5.69 Å². The minimum Gasteiger partial charge on any atom is -0.338 e. The molecule has 0 unspecified atom stereocenters. The molecular formula is C16H22N4O. The lowest BCUT2D eigenvalue weighted by Gasteiger charge is -2.09. The first-order valence-electron chi connectivity index (χ1n) is 7.26. The highest BCUT2D eigenvalue weighted by Crippen LogP contribution is 2.08. The van der Waals surface area contributed by atoms with Crippen LogP contribution in [0.25, 0.3) is 5.69 Å². The minimum absolute atomic E-state index is 0.100. The molecule has 0 radical (unpaired) electrons. The number of carbonyl (C=O) groups excluding carboxylic acids is 1. The van der Waals surface area contributed by atoms with Crippen LogP contribution in [0.15, 0.2) is 42.7 Å². The zero-order chi connectivity index (χ0) is 15.1. The molecule has 2 amide bonds. The molecule has 0 fully saturated rings. The summed E-state index contributed by atoms with van der Waals surface area (Å²) in [6, 6.07) is 9.97. The van der Waals surface area contributed by atoms with Gasteiger partial charge in [-0.3, -0.25) is 0 Å². The summed E-state index contributed by atoms with van der Waals surface area (Å²) >= 11 is 0. The van der Waals surface area contributed by atoms with Gasteiger partial charge in [-0.25, -0.2) is 9.48 Å². The average Bonchev–Trinajstić information content (AvgIpc) is 3.00. The monoisotopic (exact) mass is 286 g/mol. The Labute approximate surface area is 125 Å². The fraction of sp³-hybridized carbons (Fsp3) is 0.375. The largest absolute Gasteiger partial charge is 0.338 e. The standard InChI is InChI=1S/C16H22N4O/c1-13(2)12-18-16(21)17-10-8-14-4-6-15(7-5-14)20-11-3-9-19-20/h3-7,9,11,13H,8,10,12H2,1-2H3,(H2,17,18,21). The van der Waals surface area contributed by atoms with Crippen LogP contribution in [0.4, 0.5) is 4.79 Å². The number of hydrogen-bond donors (Lipinski definition) is 2. The molecule has 1 heterocycles. The summed E-state index contributed by atoms with van der Waals surface area (Å²) in [6.45, 7) is 5.47. The van der Waals surface area contributed by atoms with Crippen molar-refractivity contribution in [3.05, 3.63) is 48.3 Å². The highest BCUT2D eigenvalue weighted by molar-refractivity contribution is 5.73. The Bertz CT molecular complexity index is 546. The Morgan fingerprint density at radius 3 is 2.62 bits per heavy atom. The molecule has 0 spiro atoms. The van der Waals surface area contributed by atoms with Crippen molar-refractivity contribution in [3.63, 3.8) is 0 Å². The van der Waals surface area contributed by atoms with Gasteiger partial charge in [0, 0.05) is 25.5 Å². The number of nitrogens with zero attached hydrogens (tertiary/aromatic N) is 2. The van der Waals surface area contributed by atoms with Gasteiger partial charge in [-0.1, -0.05) is 26.0 Å². The van der Waals surface area contributed by atoms with Gasteiger partial charge in [0.15, 0.2) is 0 Å². The smallest absolute Gasteiger partial charge is 0.314 e. The SMILES string of the molecule is CC(C)CNC(=O)NCCc1ccc(-n2cccn2)cc1. The molecule has 0 aliphatic heterocycles. The van der Waals surface area contributed by atoms with Gasteiger partial charge < -0.3 is 10.6 Å². The molecule has 0 atom stereocenters. The third-order valence-electron chi connectivity index (χ3n) is 3.08. The second-order valence-electron chi connectivity index (χ2n) is 5.40. The molecule has 0 saturated carbocycles. The van der Waals surface area contributed by atoms with Crippen LogP contribution < -0.4 is 10.6 Å². The second-order valence-corrected chi connectivity index (χ2v) is 5.40. The number of carbonyl (C=O) groups is 1. The van der Waals surface area contributed by atoms with Crippen LogP contribution in [0.2, 0.25) is 0 Å². The molecule has 0 saturated heterocycles. The van der Waals surface area contributed by atoms with Gasteiger partial charge in [0.25, 0.3) is 0 Å². The second kappa shape index (κ2) is 7.47. The Hall–Kier alpha value is -2.30. The van der Waals surface area contributed by atoms with Crippen molar-refractivity contribution < 1.29 is 4.79 Å². The number of hydrogen-bond acceptors (Lipinski definition) is 2. The first-order valence-corrected chi connectivity index (χ1v) is 7.26. The number of amides is 2. The predicted octanol–water partition coefficient (Wildman–Crippen LogP) is 2.37. The van der Waals surface area contributed by atoms with Crippen molar-refractivity contribution in [3.8, 4) is 5.69 Å². The molecule has 5 nitrogen and oxygen atoms in total. The number of rotatable bonds is 6. The maximum absolute atomic E-state index is 11.5. The van der Waals surface area contributed by atoms with Crippen LogP contribution in [0.3, 0.4) is 0 Å². The van der Waals surface area contributed by atoms with Gasteiger partial charge in [-0.15, -0.1) is 0 Å². The molecule has 0 aliphatic rings. The van der Waals surface area contributed by atoms with E-state index in [0.29, 0.717) is 19.0 Å². The topological polar surface area (TPSA) is 59.0 Å². The van der Waals surface area contributed by atoms with E-state index in [1.54, 1.807) is 6.20 Å². The number of aromatic nitrogens is 2. The summed E-state index contributed by atoms with van der Waals surface area (Å²) < 4.78 is 1.82. The number of benzene rings is 1. The van der Waals surface area contributed by atoms with Gasteiger partial charge >= 0.3 is 6.03 Å². The van der Waals surface area contributed by atoms with Crippen LogP contribution in [0, 0.1) is 5.92 Å². The predicted molar refractivity (Wildman–Crippen MR) is 83.5 cm³/mol. The molecule has 0 aliphatic carbocycles. The fourth-order valence-electron chi connectivity index (χ4n) is 1.92. The maximum atomic E-state index is 11.5. The normalized spacial score (nSPS) is 10.6. The molecule has 2 aromatic rings.